The number of non-ortho nitro benzene ring substituents is 1. The first-order valence-corrected chi connectivity index (χ1v) is 5.17. The van der Waals surface area contributed by atoms with Crippen molar-refractivity contribution in [3.8, 4) is 17.2 Å². The summed E-state index contributed by atoms with van der Waals surface area (Å²) < 4.78 is 10.5. The molecule has 2 aromatic rings. The SMILES string of the molecule is COc1ccc(Oc2[c]cc([N+](=O)[O-])cc2)cc1. The molecule has 0 unspecified atom stereocenters. The number of benzene rings is 2. The average Bonchev–Trinajstić information content (AvgIpc) is 2.40. The normalized spacial score (nSPS) is 9.83. The maximum atomic E-state index is 10.5. The molecule has 1 radical (unpaired) electrons. The molecule has 2 rings (SSSR count). The van der Waals surface area contributed by atoms with Gasteiger partial charge in [-0.25, -0.2) is 0 Å². The van der Waals surface area contributed by atoms with Crippen molar-refractivity contribution in [1.29, 1.82) is 0 Å². The number of methoxy groups -OCH3 is 1. The summed E-state index contributed by atoms with van der Waals surface area (Å²) in [6, 6.07) is 13.9. The van der Waals surface area contributed by atoms with Crippen molar-refractivity contribution in [2.24, 2.45) is 0 Å². The zero-order valence-electron chi connectivity index (χ0n) is 9.62. The number of hydrogen-bond donors (Lipinski definition) is 0. The van der Waals surface area contributed by atoms with Crippen molar-refractivity contribution < 1.29 is 14.4 Å². The Labute approximate surface area is 104 Å². The van der Waals surface area contributed by atoms with Crippen LogP contribution in [0.1, 0.15) is 0 Å². The van der Waals surface area contributed by atoms with Crippen LogP contribution in [0.2, 0.25) is 0 Å². The van der Waals surface area contributed by atoms with Gasteiger partial charge in [0.2, 0.25) is 0 Å². The van der Waals surface area contributed by atoms with Crippen LogP contribution in [-0.2, 0) is 0 Å². The summed E-state index contributed by atoms with van der Waals surface area (Å²) in [6.07, 6.45) is 0. The van der Waals surface area contributed by atoms with E-state index in [4.69, 9.17) is 9.47 Å². The van der Waals surface area contributed by atoms with Crippen molar-refractivity contribution >= 4 is 5.69 Å². The van der Waals surface area contributed by atoms with Gasteiger partial charge in [0.25, 0.3) is 5.69 Å². The number of hydrogen-bond acceptors (Lipinski definition) is 4. The lowest BCUT2D eigenvalue weighted by molar-refractivity contribution is -0.384. The minimum atomic E-state index is -0.479. The fourth-order valence-corrected chi connectivity index (χ4v) is 1.35. The lowest BCUT2D eigenvalue weighted by Crippen LogP contribution is -1.89. The van der Waals surface area contributed by atoms with Crippen LogP contribution in [0.4, 0.5) is 5.69 Å². The van der Waals surface area contributed by atoms with E-state index in [1.54, 1.807) is 31.4 Å². The van der Waals surface area contributed by atoms with Crippen LogP contribution in [0.15, 0.2) is 42.5 Å². The van der Waals surface area contributed by atoms with E-state index in [0.29, 0.717) is 11.5 Å². The van der Waals surface area contributed by atoms with Gasteiger partial charge in [0.05, 0.1) is 12.0 Å². The Bertz CT molecular complexity index is 534. The molecule has 0 atom stereocenters. The molecule has 91 valence electrons. The van der Waals surface area contributed by atoms with Crippen LogP contribution in [0, 0.1) is 16.2 Å². The largest absolute Gasteiger partial charge is 0.497 e. The highest BCUT2D eigenvalue weighted by molar-refractivity contribution is 5.39. The summed E-state index contributed by atoms with van der Waals surface area (Å²) in [5, 5.41) is 10.5. The smallest absolute Gasteiger partial charge is 0.270 e. The lowest BCUT2D eigenvalue weighted by Gasteiger charge is -2.05. The monoisotopic (exact) mass is 244 g/mol. The third-order valence-electron chi connectivity index (χ3n) is 2.27. The topological polar surface area (TPSA) is 61.6 Å². The summed E-state index contributed by atoms with van der Waals surface area (Å²) in [5.74, 6) is 1.77. The molecule has 0 aliphatic rings. The highest BCUT2D eigenvalue weighted by Gasteiger charge is 2.05. The van der Waals surface area contributed by atoms with Crippen LogP contribution in [0.25, 0.3) is 0 Å². The summed E-state index contributed by atoms with van der Waals surface area (Å²) in [5.41, 5.74) is -0.0166. The fourth-order valence-electron chi connectivity index (χ4n) is 1.35. The van der Waals surface area contributed by atoms with Crippen LogP contribution in [0.3, 0.4) is 0 Å². The molecule has 0 heterocycles. The Balaban J connectivity index is 2.10. The fraction of sp³-hybridized carbons (Fsp3) is 0.0769. The van der Waals surface area contributed by atoms with Crippen LogP contribution >= 0.6 is 0 Å². The van der Waals surface area contributed by atoms with Crippen LogP contribution < -0.4 is 9.47 Å². The van der Waals surface area contributed by atoms with E-state index in [1.165, 1.54) is 18.2 Å². The van der Waals surface area contributed by atoms with Gasteiger partial charge < -0.3 is 9.47 Å². The number of nitro groups is 1. The summed E-state index contributed by atoms with van der Waals surface area (Å²) >= 11 is 0. The van der Waals surface area contributed by atoms with Crippen LogP contribution in [-0.4, -0.2) is 12.0 Å². The number of nitrogens with zero attached hydrogens (tertiary/aromatic N) is 1. The van der Waals surface area contributed by atoms with Gasteiger partial charge in [0, 0.05) is 18.2 Å². The first kappa shape index (κ1) is 11.9. The molecule has 0 aliphatic carbocycles. The molecule has 2 aromatic carbocycles. The van der Waals surface area contributed by atoms with Crippen molar-refractivity contribution in [2.75, 3.05) is 7.11 Å². The Morgan fingerprint density at radius 3 is 2.28 bits per heavy atom. The maximum absolute atomic E-state index is 10.5. The third-order valence-corrected chi connectivity index (χ3v) is 2.27. The standard InChI is InChI=1S/C13H10NO4/c1-17-11-6-8-13(9-7-11)18-12-4-2-10(3-5-12)14(15)16/h2-4,6-9H,1H3. The molecule has 0 saturated carbocycles. The van der Waals surface area contributed by atoms with E-state index < -0.39 is 4.92 Å². The van der Waals surface area contributed by atoms with Gasteiger partial charge in [0.15, 0.2) is 0 Å². The molecule has 0 N–H and O–H groups in total. The molecule has 0 amide bonds. The molecule has 0 aliphatic heterocycles. The predicted molar refractivity (Wildman–Crippen MR) is 65.0 cm³/mol. The van der Waals surface area contributed by atoms with Gasteiger partial charge >= 0.3 is 0 Å². The van der Waals surface area contributed by atoms with E-state index in [9.17, 15) is 10.1 Å². The molecule has 0 aromatic heterocycles. The second-order valence-electron chi connectivity index (χ2n) is 3.45. The van der Waals surface area contributed by atoms with Gasteiger partial charge in [0.1, 0.15) is 17.2 Å². The zero-order valence-corrected chi connectivity index (χ0v) is 9.62. The summed E-state index contributed by atoms with van der Waals surface area (Å²) in [6.45, 7) is 0. The van der Waals surface area contributed by atoms with Crippen molar-refractivity contribution in [3.05, 3.63) is 58.6 Å². The Hall–Kier alpha value is -2.56. The summed E-state index contributed by atoms with van der Waals surface area (Å²) in [4.78, 5) is 9.99. The molecule has 5 nitrogen and oxygen atoms in total. The molecule has 0 spiro atoms. The van der Waals surface area contributed by atoms with Gasteiger partial charge in [-0.05, 0) is 30.3 Å². The first-order valence-electron chi connectivity index (χ1n) is 5.17. The van der Waals surface area contributed by atoms with Gasteiger partial charge in [-0.2, -0.15) is 0 Å². The molecular formula is C13H10NO4. The van der Waals surface area contributed by atoms with Crippen molar-refractivity contribution in [3.63, 3.8) is 0 Å². The van der Waals surface area contributed by atoms with E-state index in [-0.39, 0.29) is 5.69 Å². The maximum Gasteiger partial charge on any atom is 0.270 e. The highest BCUT2D eigenvalue weighted by atomic mass is 16.6. The third kappa shape index (κ3) is 2.76. The minimum absolute atomic E-state index is 0.0166. The van der Waals surface area contributed by atoms with Crippen molar-refractivity contribution in [1.82, 2.24) is 0 Å². The molecule has 18 heavy (non-hydrogen) atoms. The molecule has 0 bridgehead atoms. The predicted octanol–water partition coefficient (Wildman–Crippen LogP) is 3.20. The Morgan fingerprint density at radius 1 is 1.11 bits per heavy atom. The quantitative estimate of drug-likeness (QED) is 0.612. The number of rotatable bonds is 4. The number of ether oxygens (including phenoxy) is 2. The van der Waals surface area contributed by atoms with E-state index in [1.807, 2.05) is 0 Å². The Kier molecular flexibility index (Phi) is 3.43. The number of nitro benzene ring substituents is 1. The van der Waals surface area contributed by atoms with Gasteiger partial charge in [-0.1, -0.05) is 0 Å². The lowest BCUT2D eigenvalue weighted by atomic mass is 10.3. The molecule has 0 saturated heterocycles. The second-order valence-corrected chi connectivity index (χ2v) is 3.45. The summed E-state index contributed by atoms with van der Waals surface area (Å²) in [7, 11) is 1.58. The zero-order chi connectivity index (χ0) is 13.0. The van der Waals surface area contributed by atoms with E-state index >= 15 is 0 Å². The second kappa shape index (κ2) is 5.18. The molecule has 0 fully saturated rings. The first-order chi connectivity index (χ1) is 8.69. The average molecular weight is 244 g/mol. The minimum Gasteiger partial charge on any atom is -0.497 e. The van der Waals surface area contributed by atoms with E-state index in [2.05, 4.69) is 6.07 Å². The molecule has 5 heteroatoms. The van der Waals surface area contributed by atoms with Gasteiger partial charge in [-0.3, -0.25) is 10.1 Å². The highest BCUT2D eigenvalue weighted by Crippen LogP contribution is 2.24. The Morgan fingerprint density at radius 2 is 1.78 bits per heavy atom. The van der Waals surface area contributed by atoms with Gasteiger partial charge in [-0.15, -0.1) is 0 Å². The molecular weight excluding hydrogens is 234 g/mol. The van der Waals surface area contributed by atoms with E-state index in [0.717, 1.165) is 5.75 Å². The van der Waals surface area contributed by atoms with Crippen molar-refractivity contribution in [2.45, 2.75) is 0 Å². The van der Waals surface area contributed by atoms with Crippen LogP contribution in [0.5, 0.6) is 17.2 Å².